The highest BCUT2D eigenvalue weighted by Crippen LogP contribution is 2.22. The summed E-state index contributed by atoms with van der Waals surface area (Å²) in [5.41, 5.74) is -0.502. The Morgan fingerprint density at radius 1 is 1.57 bits per heavy atom. The lowest BCUT2D eigenvalue weighted by Crippen LogP contribution is -2.41. The lowest BCUT2D eigenvalue weighted by atomic mass is 10.2. The SMILES string of the molecule is CC(C)(C)OC(=O)N1CSC[C@H]1C=O. The first-order valence-electron chi connectivity index (χ1n) is 4.47. The Morgan fingerprint density at radius 3 is 2.71 bits per heavy atom. The van der Waals surface area contributed by atoms with E-state index in [1.165, 1.54) is 4.90 Å². The molecule has 0 radical (unpaired) electrons. The maximum Gasteiger partial charge on any atom is 0.411 e. The molecule has 1 atom stereocenters. The second-order valence-corrected chi connectivity index (χ2v) is 5.15. The first-order chi connectivity index (χ1) is 6.44. The van der Waals surface area contributed by atoms with Gasteiger partial charge in [0.15, 0.2) is 0 Å². The fourth-order valence-corrected chi connectivity index (χ4v) is 2.18. The third-order valence-electron chi connectivity index (χ3n) is 1.70. The molecule has 1 aliphatic heterocycles. The molecular formula is C9H15NO3S. The van der Waals surface area contributed by atoms with E-state index in [9.17, 15) is 9.59 Å². The fourth-order valence-electron chi connectivity index (χ4n) is 1.08. The van der Waals surface area contributed by atoms with E-state index in [-0.39, 0.29) is 6.04 Å². The second-order valence-electron chi connectivity index (χ2n) is 4.15. The molecule has 1 fully saturated rings. The zero-order valence-electron chi connectivity index (χ0n) is 8.65. The summed E-state index contributed by atoms with van der Waals surface area (Å²) in [5, 5.41) is 0. The zero-order valence-corrected chi connectivity index (χ0v) is 9.47. The van der Waals surface area contributed by atoms with Crippen molar-refractivity contribution in [3.8, 4) is 0 Å². The van der Waals surface area contributed by atoms with Crippen molar-refractivity contribution in [3.63, 3.8) is 0 Å². The molecule has 1 heterocycles. The van der Waals surface area contributed by atoms with Gasteiger partial charge in [-0.25, -0.2) is 4.79 Å². The van der Waals surface area contributed by atoms with Gasteiger partial charge in [0.05, 0.1) is 5.88 Å². The van der Waals surface area contributed by atoms with E-state index >= 15 is 0 Å². The molecule has 0 aromatic rings. The number of aldehydes is 1. The first-order valence-corrected chi connectivity index (χ1v) is 5.62. The molecule has 0 unspecified atom stereocenters. The molecule has 1 saturated heterocycles. The molecule has 1 rings (SSSR count). The highest BCUT2D eigenvalue weighted by molar-refractivity contribution is 7.99. The third kappa shape index (κ3) is 2.90. The van der Waals surface area contributed by atoms with Crippen LogP contribution >= 0.6 is 11.8 Å². The average molecular weight is 217 g/mol. The highest BCUT2D eigenvalue weighted by atomic mass is 32.2. The van der Waals surface area contributed by atoms with Crippen LogP contribution in [0.4, 0.5) is 4.79 Å². The van der Waals surface area contributed by atoms with Gasteiger partial charge in [0, 0.05) is 5.75 Å². The van der Waals surface area contributed by atoms with Crippen molar-refractivity contribution in [2.45, 2.75) is 32.4 Å². The predicted octanol–water partition coefficient (Wildman–Crippen LogP) is 1.50. The Hall–Kier alpha value is -0.710. The number of hydrogen-bond donors (Lipinski definition) is 0. The quantitative estimate of drug-likeness (QED) is 0.624. The standard InChI is InChI=1S/C9H15NO3S/c1-9(2,3)13-8(12)10-6-14-5-7(10)4-11/h4,7H,5-6H2,1-3H3/t7-/m1/s1. The van der Waals surface area contributed by atoms with Gasteiger partial charge in [0.25, 0.3) is 0 Å². The van der Waals surface area contributed by atoms with Gasteiger partial charge in [-0.15, -0.1) is 11.8 Å². The van der Waals surface area contributed by atoms with E-state index in [1.807, 2.05) is 20.8 Å². The molecule has 4 nitrogen and oxygen atoms in total. The number of ether oxygens (including phenoxy) is 1. The third-order valence-corrected chi connectivity index (χ3v) is 2.74. The van der Waals surface area contributed by atoms with Gasteiger partial charge in [-0.3, -0.25) is 4.90 Å². The van der Waals surface area contributed by atoms with E-state index in [1.54, 1.807) is 11.8 Å². The summed E-state index contributed by atoms with van der Waals surface area (Å²) in [5.74, 6) is 1.21. The summed E-state index contributed by atoms with van der Waals surface area (Å²) in [7, 11) is 0. The topological polar surface area (TPSA) is 46.6 Å². The number of thioether (sulfide) groups is 1. The Morgan fingerprint density at radius 2 is 2.21 bits per heavy atom. The fraction of sp³-hybridized carbons (Fsp3) is 0.778. The summed E-state index contributed by atoms with van der Waals surface area (Å²) >= 11 is 1.56. The van der Waals surface area contributed by atoms with Crippen molar-refractivity contribution in [2.75, 3.05) is 11.6 Å². The van der Waals surface area contributed by atoms with Crippen molar-refractivity contribution in [1.82, 2.24) is 4.90 Å². The van der Waals surface area contributed by atoms with Crippen LogP contribution in [0.5, 0.6) is 0 Å². The van der Waals surface area contributed by atoms with Crippen LogP contribution < -0.4 is 0 Å². The predicted molar refractivity (Wildman–Crippen MR) is 55.3 cm³/mol. The number of rotatable bonds is 1. The molecular weight excluding hydrogens is 202 g/mol. The van der Waals surface area contributed by atoms with E-state index in [2.05, 4.69) is 0 Å². The van der Waals surface area contributed by atoms with Gasteiger partial charge in [0.1, 0.15) is 17.9 Å². The molecule has 14 heavy (non-hydrogen) atoms. The molecule has 0 aromatic heterocycles. The molecule has 0 spiro atoms. The Bertz CT molecular complexity index is 237. The van der Waals surface area contributed by atoms with Gasteiger partial charge < -0.3 is 9.53 Å². The first kappa shape index (κ1) is 11.4. The Labute approximate surface area is 88.0 Å². The average Bonchev–Trinajstić information content (AvgIpc) is 2.47. The molecule has 0 saturated carbocycles. The molecule has 0 N–H and O–H groups in total. The van der Waals surface area contributed by atoms with Crippen molar-refractivity contribution in [3.05, 3.63) is 0 Å². The van der Waals surface area contributed by atoms with Gasteiger partial charge in [0.2, 0.25) is 0 Å². The van der Waals surface area contributed by atoms with E-state index in [0.717, 1.165) is 6.29 Å². The van der Waals surface area contributed by atoms with Crippen LogP contribution in [0.1, 0.15) is 20.8 Å². The maximum absolute atomic E-state index is 11.6. The summed E-state index contributed by atoms with van der Waals surface area (Å²) < 4.78 is 5.17. The minimum Gasteiger partial charge on any atom is -0.444 e. The minimum absolute atomic E-state index is 0.324. The van der Waals surface area contributed by atoms with Crippen LogP contribution in [0, 0.1) is 0 Å². The number of carbonyl (C=O) groups excluding carboxylic acids is 2. The minimum atomic E-state index is -0.502. The van der Waals surface area contributed by atoms with Crippen LogP contribution in [0.25, 0.3) is 0 Å². The summed E-state index contributed by atoms with van der Waals surface area (Å²) in [6.45, 7) is 5.43. The van der Waals surface area contributed by atoms with Crippen LogP contribution in [0.15, 0.2) is 0 Å². The Kier molecular flexibility index (Phi) is 3.42. The van der Waals surface area contributed by atoms with Crippen molar-refractivity contribution < 1.29 is 14.3 Å². The zero-order chi connectivity index (χ0) is 10.8. The van der Waals surface area contributed by atoms with Gasteiger partial charge in [-0.05, 0) is 20.8 Å². The van der Waals surface area contributed by atoms with Gasteiger partial charge in [-0.1, -0.05) is 0 Å². The molecule has 1 aliphatic rings. The van der Waals surface area contributed by atoms with Crippen LogP contribution in [-0.2, 0) is 9.53 Å². The molecule has 0 aromatic carbocycles. The summed E-state index contributed by atoms with van der Waals surface area (Å²) in [6.07, 6.45) is 0.392. The number of carbonyl (C=O) groups is 2. The monoisotopic (exact) mass is 217 g/mol. The largest absolute Gasteiger partial charge is 0.444 e. The van der Waals surface area contributed by atoms with Crippen molar-refractivity contribution in [2.24, 2.45) is 0 Å². The van der Waals surface area contributed by atoms with Crippen LogP contribution in [0.3, 0.4) is 0 Å². The Balaban J connectivity index is 2.56. The van der Waals surface area contributed by atoms with E-state index in [4.69, 9.17) is 4.74 Å². The second kappa shape index (κ2) is 4.21. The van der Waals surface area contributed by atoms with E-state index < -0.39 is 11.7 Å². The number of amides is 1. The molecule has 80 valence electrons. The lowest BCUT2D eigenvalue weighted by Gasteiger charge is -2.25. The molecule has 5 heteroatoms. The normalized spacial score (nSPS) is 22.2. The molecule has 0 aliphatic carbocycles. The lowest BCUT2D eigenvalue weighted by molar-refractivity contribution is -0.111. The maximum atomic E-state index is 11.6. The number of nitrogens with zero attached hydrogens (tertiary/aromatic N) is 1. The van der Waals surface area contributed by atoms with Crippen LogP contribution in [0.2, 0.25) is 0 Å². The van der Waals surface area contributed by atoms with Crippen molar-refractivity contribution >= 4 is 24.1 Å². The summed E-state index contributed by atoms with van der Waals surface area (Å²) in [6, 6.07) is -0.324. The smallest absolute Gasteiger partial charge is 0.411 e. The van der Waals surface area contributed by atoms with Gasteiger partial charge >= 0.3 is 6.09 Å². The highest BCUT2D eigenvalue weighted by Gasteiger charge is 2.32. The van der Waals surface area contributed by atoms with Crippen molar-refractivity contribution in [1.29, 1.82) is 0 Å². The van der Waals surface area contributed by atoms with E-state index in [0.29, 0.717) is 11.6 Å². The molecule has 0 bridgehead atoms. The van der Waals surface area contributed by atoms with Gasteiger partial charge in [-0.2, -0.15) is 0 Å². The molecule has 1 amide bonds. The number of hydrogen-bond acceptors (Lipinski definition) is 4. The summed E-state index contributed by atoms with van der Waals surface area (Å²) in [4.78, 5) is 23.6. The van der Waals surface area contributed by atoms with Crippen LogP contribution in [-0.4, -0.2) is 40.6 Å².